The highest BCUT2D eigenvalue weighted by Gasteiger charge is 2.24. The molecule has 6 nitrogen and oxygen atoms in total. The largest absolute Gasteiger partial charge is 0.462 e. The number of hydrogen-bond donors (Lipinski definition) is 2. The number of nitrogens with two attached hydrogens (primary N) is 2. The number of carbonyl (C=O) groups is 2. The summed E-state index contributed by atoms with van der Waals surface area (Å²) in [4.78, 5) is 24.9. The molecule has 0 aliphatic rings. The van der Waals surface area contributed by atoms with E-state index in [9.17, 15) is 9.59 Å². The molecule has 0 atom stereocenters. The third kappa shape index (κ3) is 11.0. The molecule has 0 heterocycles. The van der Waals surface area contributed by atoms with Gasteiger partial charge in [-0.05, 0) is 71.9 Å². The van der Waals surface area contributed by atoms with Crippen molar-refractivity contribution in [2.75, 3.05) is 24.7 Å². The van der Waals surface area contributed by atoms with Crippen LogP contribution in [0.4, 0.5) is 11.4 Å². The zero-order valence-electron chi connectivity index (χ0n) is 27.2. The van der Waals surface area contributed by atoms with E-state index in [1.54, 1.807) is 12.1 Å². The number of carbonyl (C=O) groups excluding carboxylic acids is 2. The number of anilines is 2. The van der Waals surface area contributed by atoms with Gasteiger partial charge in [-0.25, -0.2) is 9.59 Å². The smallest absolute Gasteiger partial charge is 0.338 e. The monoisotopic (exact) mass is 580 g/mol. The van der Waals surface area contributed by atoms with E-state index < -0.39 is 0 Å². The second-order valence-electron chi connectivity index (χ2n) is 13.0. The van der Waals surface area contributed by atoms with Gasteiger partial charge in [0, 0.05) is 11.4 Å². The first kappa shape index (κ1) is 35.2. The van der Waals surface area contributed by atoms with Crippen LogP contribution in [-0.2, 0) is 20.3 Å². The summed E-state index contributed by atoms with van der Waals surface area (Å²) in [5.41, 5.74) is 17.0. The van der Waals surface area contributed by atoms with Gasteiger partial charge in [-0.1, -0.05) is 105 Å². The molecule has 2 rings (SSSR count). The predicted molar refractivity (Wildman–Crippen MR) is 175 cm³/mol. The summed E-state index contributed by atoms with van der Waals surface area (Å²) < 4.78 is 10.9. The molecule has 0 bridgehead atoms. The molecule has 0 aromatic heterocycles. The molecule has 42 heavy (non-hydrogen) atoms. The summed E-state index contributed by atoms with van der Waals surface area (Å²) in [6.07, 6.45) is 12.6. The van der Waals surface area contributed by atoms with Gasteiger partial charge >= 0.3 is 11.9 Å². The fourth-order valence-corrected chi connectivity index (χ4v) is 5.89. The molecule has 0 saturated carbocycles. The molecular formula is C36H56N2O4. The Kier molecular flexibility index (Phi) is 14.4. The Hall–Kier alpha value is -3.02. The Bertz CT molecular complexity index is 1050. The third-order valence-corrected chi connectivity index (χ3v) is 8.29. The Morgan fingerprint density at radius 3 is 1.24 bits per heavy atom. The second-order valence-corrected chi connectivity index (χ2v) is 13.0. The Balaban J connectivity index is 1.54. The summed E-state index contributed by atoms with van der Waals surface area (Å²) in [6.45, 7) is 13.9. The summed E-state index contributed by atoms with van der Waals surface area (Å²) in [6, 6.07) is 11.1. The Labute approximate surface area is 254 Å². The molecule has 0 saturated heterocycles. The van der Waals surface area contributed by atoms with Gasteiger partial charge in [0.15, 0.2) is 0 Å². The molecule has 234 valence electrons. The second kappa shape index (κ2) is 17.2. The van der Waals surface area contributed by atoms with Gasteiger partial charge in [0.05, 0.1) is 24.3 Å². The normalized spacial score (nSPS) is 11.9. The quantitative estimate of drug-likeness (QED) is 0.0975. The number of ether oxygens (including phenoxy) is 2. The number of benzene rings is 2. The van der Waals surface area contributed by atoms with Crippen molar-refractivity contribution in [2.45, 2.75) is 129 Å². The molecular weight excluding hydrogens is 524 g/mol. The Morgan fingerprint density at radius 2 is 0.929 bits per heavy atom. The van der Waals surface area contributed by atoms with Crippen molar-refractivity contribution in [3.05, 3.63) is 58.7 Å². The number of rotatable bonds is 19. The van der Waals surface area contributed by atoms with Crippen molar-refractivity contribution in [2.24, 2.45) is 0 Å². The zero-order valence-corrected chi connectivity index (χ0v) is 27.2. The summed E-state index contributed by atoms with van der Waals surface area (Å²) in [5.74, 6) is -0.614. The average molecular weight is 581 g/mol. The molecule has 2 aromatic rings. The van der Waals surface area contributed by atoms with Gasteiger partial charge < -0.3 is 20.9 Å². The highest BCUT2D eigenvalue weighted by molar-refractivity contribution is 5.91. The first-order chi connectivity index (χ1) is 19.9. The standard InChI is InChI=1S/C36H56N2O4/c1-7-21-35(3,4)29-19-17-27(25-31(29)37)33(39)41-23-15-13-11-9-10-12-14-16-24-42-34(40)28-18-20-30(32(38)26-28)36(5,6)22-8-2/h17-20,25-26H,7-16,21-24,37-38H2,1-6H3. The molecule has 0 amide bonds. The predicted octanol–water partition coefficient (Wildman–Crippen LogP) is 9.14. The van der Waals surface area contributed by atoms with Gasteiger partial charge in [0.25, 0.3) is 0 Å². The minimum atomic E-state index is -0.307. The maximum atomic E-state index is 12.4. The van der Waals surface area contributed by atoms with E-state index in [-0.39, 0.29) is 22.8 Å². The molecule has 0 fully saturated rings. The van der Waals surface area contributed by atoms with Crippen LogP contribution in [0.3, 0.4) is 0 Å². The van der Waals surface area contributed by atoms with Crippen molar-refractivity contribution in [1.82, 2.24) is 0 Å². The van der Waals surface area contributed by atoms with Crippen molar-refractivity contribution in [1.29, 1.82) is 0 Å². The molecule has 4 N–H and O–H groups in total. The molecule has 0 unspecified atom stereocenters. The van der Waals surface area contributed by atoms with Crippen LogP contribution >= 0.6 is 0 Å². The van der Waals surface area contributed by atoms with Crippen molar-refractivity contribution in [3.8, 4) is 0 Å². The van der Waals surface area contributed by atoms with E-state index in [1.807, 2.05) is 24.3 Å². The topological polar surface area (TPSA) is 105 Å². The molecule has 2 aromatic carbocycles. The first-order valence-electron chi connectivity index (χ1n) is 16.1. The van der Waals surface area contributed by atoms with E-state index in [2.05, 4.69) is 41.5 Å². The van der Waals surface area contributed by atoms with E-state index in [0.29, 0.717) is 35.7 Å². The SMILES string of the molecule is CCCC(C)(C)c1ccc(C(=O)OCCCCCCCCCCOC(=O)c2ccc(C(C)(C)CCC)c(N)c2)cc1N. The van der Waals surface area contributed by atoms with Gasteiger partial charge in [-0.2, -0.15) is 0 Å². The maximum Gasteiger partial charge on any atom is 0.338 e. The van der Waals surface area contributed by atoms with Gasteiger partial charge in [0.1, 0.15) is 0 Å². The lowest BCUT2D eigenvalue weighted by molar-refractivity contribution is 0.0487. The van der Waals surface area contributed by atoms with Crippen molar-refractivity contribution < 1.29 is 19.1 Å². The number of esters is 2. The van der Waals surface area contributed by atoms with Crippen LogP contribution in [0.1, 0.15) is 150 Å². The van der Waals surface area contributed by atoms with Crippen molar-refractivity contribution in [3.63, 3.8) is 0 Å². The van der Waals surface area contributed by atoms with Gasteiger partial charge in [0.2, 0.25) is 0 Å². The molecule has 0 spiro atoms. The van der Waals surface area contributed by atoms with Crippen LogP contribution in [0.15, 0.2) is 36.4 Å². The molecule has 6 heteroatoms. The first-order valence-corrected chi connectivity index (χ1v) is 16.1. The van der Waals surface area contributed by atoms with Crippen LogP contribution in [-0.4, -0.2) is 25.2 Å². The van der Waals surface area contributed by atoms with Gasteiger partial charge in [-0.3, -0.25) is 0 Å². The Morgan fingerprint density at radius 1 is 0.595 bits per heavy atom. The highest BCUT2D eigenvalue weighted by Crippen LogP contribution is 2.34. The third-order valence-electron chi connectivity index (χ3n) is 8.29. The molecule has 0 aliphatic heterocycles. The minimum Gasteiger partial charge on any atom is -0.462 e. The molecule has 0 aliphatic carbocycles. The summed E-state index contributed by atoms with van der Waals surface area (Å²) in [7, 11) is 0. The maximum absolute atomic E-state index is 12.4. The fourth-order valence-electron chi connectivity index (χ4n) is 5.89. The van der Waals surface area contributed by atoms with Crippen LogP contribution in [0, 0.1) is 0 Å². The zero-order chi connectivity index (χ0) is 31.2. The minimum absolute atomic E-state index is 0.0116. The highest BCUT2D eigenvalue weighted by atomic mass is 16.5. The average Bonchev–Trinajstić information content (AvgIpc) is 2.92. The van der Waals surface area contributed by atoms with Crippen LogP contribution in [0.2, 0.25) is 0 Å². The lowest BCUT2D eigenvalue weighted by Crippen LogP contribution is -2.19. The fraction of sp³-hybridized carbons (Fsp3) is 0.611. The summed E-state index contributed by atoms with van der Waals surface area (Å²) >= 11 is 0. The number of hydrogen-bond acceptors (Lipinski definition) is 6. The number of nitrogen functional groups attached to an aromatic ring is 2. The summed E-state index contributed by atoms with van der Waals surface area (Å²) in [5, 5.41) is 0. The lowest BCUT2D eigenvalue weighted by Gasteiger charge is -2.26. The molecule has 0 radical (unpaired) electrons. The van der Waals surface area contributed by atoms with Crippen LogP contribution < -0.4 is 11.5 Å². The van der Waals surface area contributed by atoms with Crippen molar-refractivity contribution >= 4 is 23.3 Å². The van der Waals surface area contributed by atoms with Crippen LogP contribution in [0.5, 0.6) is 0 Å². The van der Waals surface area contributed by atoms with E-state index in [4.69, 9.17) is 20.9 Å². The van der Waals surface area contributed by atoms with Crippen LogP contribution in [0.25, 0.3) is 0 Å². The van der Waals surface area contributed by atoms with E-state index in [1.165, 1.54) is 0 Å². The number of unbranched alkanes of at least 4 members (excludes halogenated alkanes) is 7. The lowest BCUT2D eigenvalue weighted by atomic mass is 9.79. The van der Waals surface area contributed by atoms with E-state index >= 15 is 0 Å². The van der Waals surface area contributed by atoms with E-state index in [0.717, 1.165) is 88.2 Å². The van der Waals surface area contributed by atoms with Gasteiger partial charge in [-0.15, -0.1) is 0 Å².